The van der Waals surface area contributed by atoms with Gasteiger partial charge in [-0.1, -0.05) is 33.1 Å². The van der Waals surface area contributed by atoms with Crippen molar-refractivity contribution in [2.75, 3.05) is 0 Å². The predicted octanol–water partition coefficient (Wildman–Crippen LogP) is 0.918. The molecule has 0 amide bonds. The Morgan fingerprint density at radius 3 is 2.17 bits per heavy atom. The number of hydrogen-bond donors (Lipinski definition) is 3. The van der Waals surface area contributed by atoms with Crippen molar-refractivity contribution in [3.05, 3.63) is 0 Å². The molecule has 74 valence electrons. The van der Waals surface area contributed by atoms with Gasteiger partial charge in [0, 0.05) is 6.04 Å². The zero-order valence-corrected chi connectivity index (χ0v) is 8.34. The Morgan fingerprint density at radius 2 is 1.75 bits per heavy atom. The standard InChI is InChI=1S/C9H23N3/c1-3-5-6-7-9(11,12)8(10)4-2/h8H,3-7,10-12H2,1-2H3. The molecule has 12 heavy (non-hydrogen) atoms. The summed E-state index contributed by atoms with van der Waals surface area (Å²) in [5.74, 6) is 0. The molecule has 1 unspecified atom stereocenters. The van der Waals surface area contributed by atoms with Gasteiger partial charge in [-0.2, -0.15) is 0 Å². The Bertz CT molecular complexity index is 112. The highest BCUT2D eigenvalue weighted by Crippen LogP contribution is 2.11. The smallest absolute Gasteiger partial charge is 0.0792 e. The van der Waals surface area contributed by atoms with Gasteiger partial charge in [0.05, 0.1) is 5.66 Å². The van der Waals surface area contributed by atoms with Gasteiger partial charge >= 0.3 is 0 Å². The van der Waals surface area contributed by atoms with E-state index in [1.54, 1.807) is 0 Å². The topological polar surface area (TPSA) is 78.1 Å². The zero-order chi connectivity index (χ0) is 9.61. The lowest BCUT2D eigenvalue weighted by molar-refractivity contribution is 0.313. The van der Waals surface area contributed by atoms with Crippen molar-refractivity contribution in [1.29, 1.82) is 0 Å². The molecule has 1 atom stereocenters. The van der Waals surface area contributed by atoms with Gasteiger partial charge < -0.3 is 17.2 Å². The maximum Gasteiger partial charge on any atom is 0.0792 e. The first-order valence-electron chi connectivity index (χ1n) is 4.88. The number of rotatable bonds is 6. The van der Waals surface area contributed by atoms with E-state index in [9.17, 15) is 0 Å². The summed E-state index contributed by atoms with van der Waals surface area (Å²) in [5, 5.41) is 0. The summed E-state index contributed by atoms with van der Waals surface area (Å²) in [5.41, 5.74) is 16.8. The lowest BCUT2D eigenvalue weighted by Gasteiger charge is -2.30. The van der Waals surface area contributed by atoms with Gasteiger partial charge in [0.25, 0.3) is 0 Å². The van der Waals surface area contributed by atoms with E-state index in [1.165, 1.54) is 12.8 Å². The van der Waals surface area contributed by atoms with Crippen LogP contribution in [0.15, 0.2) is 0 Å². The monoisotopic (exact) mass is 173 g/mol. The second-order valence-corrected chi connectivity index (χ2v) is 3.58. The third-order valence-corrected chi connectivity index (χ3v) is 2.34. The lowest BCUT2D eigenvalue weighted by Crippen LogP contribution is -2.62. The van der Waals surface area contributed by atoms with Crippen molar-refractivity contribution < 1.29 is 0 Å². The fraction of sp³-hybridized carbons (Fsp3) is 1.00. The van der Waals surface area contributed by atoms with Crippen LogP contribution in [-0.4, -0.2) is 11.7 Å². The van der Waals surface area contributed by atoms with E-state index >= 15 is 0 Å². The van der Waals surface area contributed by atoms with Gasteiger partial charge in [-0.3, -0.25) is 0 Å². The third-order valence-electron chi connectivity index (χ3n) is 2.34. The van der Waals surface area contributed by atoms with Crippen LogP contribution in [0.4, 0.5) is 0 Å². The summed E-state index contributed by atoms with van der Waals surface area (Å²) in [7, 11) is 0. The molecule has 0 aliphatic heterocycles. The molecule has 3 nitrogen and oxygen atoms in total. The van der Waals surface area contributed by atoms with Gasteiger partial charge in [-0.25, -0.2) is 0 Å². The normalized spacial score (nSPS) is 14.8. The molecular formula is C9H23N3. The van der Waals surface area contributed by atoms with Crippen LogP contribution in [0.1, 0.15) is 46.0 Å². The van der Waals surface area contributed by atoms with E-state index in [0.717, 1.165) is 19.3 Å². The average Bonchev–Trinajstić information content (AvgIpc) is 2.03. The van der Waals surface area contributed by atoms with E-state index in [2.05, 4.69) is 6.92 Å². The molecular weight excluding hydrogens is 150 g/mol. The Hall–Kier alpha value is -0.120. The highest BCUT2D eigenvalue weighted by Gasteiger charge is 2.25. The van der Waals surface area contributed by atoms with Crippen molar-refractivity contribution in [3.8, 4) is 0 Å². The molecule has 0 aromatic heterocycles. The Labute approximate surface area is 75.7 Å². The second-order valence-electron chi connectivity index (χ2n) is 3.58. The molecule has 0 fully saturated rings. The van der Waals surface area contributed by atoms with E-state index in [0.29, 0.717) is 0 Å². The molecule has 0 heterocycles. The van der Waals surface area contributed by atoms with Crippen LogP contribution in [0.2, 0.25) is 0 Å². The number of hydrogen-bond acceptors (Lipinski definition) is 3. The van der Waals surface area contributed by atoms with Crippen LogP contribution in [0.5, 0.6) is 0 Å². The molecule has 0 bridgehead atoms. The number of nitrogens with two attached hydrogens (primary N) is 3. The van der Waals surface area contributed by atoms with Crippen LogP contribution < -0.4 is 17.2 Å². The first-order valence-corrected chi connectivity index (χ1v) is 4.88. The molecule has 0 aromatic carbocycles. The lowest BCUT2D eigenvalue weighted by atomic mass is 9.94. The van der Waals surface area contributed by atoms with Crippen LogP contribution in [0.25, 0.3) is 0 Å². The van der Waals surface area contributed by atoms with Crippen molar-refractivity contribution in [3.63, 3.8) is 0 Å². The Morgan fingerprint density at radius 1 is 1.17 bits per heavy atom. The van der Waals surface area contributed by atoms with Gasteiger partial charge in [0.2, 0.25) is 0 Å². The summed E-state index contributed by atoms with van der Waals surface area (Å²) >= 11 is 0. The van der Waals surface area contributed by atoms with Crippen molar-refractivity contribution in [2.24, 2.45) is 17.2 Å². The quantitative estimate of drug-likeness (QED) is 0.413. The SMILES string of the molecule is CCCCCC(N)(N)C(N)CC. The summed E-state index contributed by atoms with van der Waals surface area (Å²) in [6, 6.07) is -0.0747. The summed E-state index contributed by atoms with van der Waals surface area (Å²) < 4.78 is 0. The molecule has 0 saturated carbocycles. The van der Waals surface area contributed by atoms with Crippen molar-refractivity contribution in [1.82, 2.24) is 0 Å². The number of unbranched alkanes of at least 4 members (excludes halogenated alkanes) is 2. The first-order chi connectivity index (χ1) is 5.54. The van der Waals surface area contributed by atoms with Gasteiger partial charge in [0.15, 0.2) is 0 Å². The maximum atomic E-state index is 5.86. The first kappa shape index (κ1) is 11.9. The van der Waals surface area contributed by atoms with Crippen LogP contribution in [-0.2, 0) is 0 Å². The van der Waals surface area contributed by atoms with Crippen LogP contribution >= 0.6 is 0 Å². The molecule has 0 saturated heterocycles. The minimum Gasteiger partial charge on any atom is -0.325 e. The van der Waals surface area contributed by atoms with Crippen LogP contribution in [0.3, 0.4) is 0 Å². The molecule has 0 aliphatic rings. The van der Waals surface area contributed by atoms with E-state index in [4.69, 9.17) is 17.2 Å². The van der Waals surface area contributed by atoms with Crippen LogP contribution in [0, 0.1) is 0 Å². The highest BCUT2D eigenvalue weighted by atomic mass is 15.0. The molecule has 0 aliphatic carbocycles. The molecule has 3 heteroatoms. The van der Waals surface area contributed by atoms with Crippen molar-refractivity contribution in [2.45, 2.75) is 57.7 Å². The van der Waals surface area contributed by atoms with Crippen molar-refractivity contribution >= 4 is 0 Å². The third kappa shape index (κ3) is 4.04. The predicted molar refractivity (Wildman–Crippen MR) is 53.5 cm³/mol. The fourth-order valence-electron chi connectivity index (χ4n) is 1.25. The second kappa shape index (κ2) is 5.51. The zero-order valence-electron chi connectivity index (χ0n) is 8.34. The van der Waals surface area contributed by atoms with E-state index in [-0.39, 0.29) is 6.04 Å². The van der Waals surface area contributed by atoms with Gasteiger partial charge in [-0.05, 0) is 12.8 Å². The fourth-order valence-corrected chi connectivity index (χ4v) is 1.25. The molecule has 0 aromatic rings. The summed E-state index contributed by atoms with van der Waals surface area (Å²) in [4.78, 5) is 0. The van der Waals surface area contributed by atoms with Gasteiger partial charge in [0.1, 0.15) is 0 Å². The molecule has 6 N–H and O–H groups in total. The summed E-state index contributed by atoms with van der Waals surface area (Å²) in [6.07, 6.45) is 5.14. The largest absolute Gasteiger partial charge is 0.325 e. The van der Waals surface area contributed by atoms with E-state index in [1.807, 2.05) is 6.92 Å². The Balaban J connectivity index is 3.70. The van der Waals surface area contributed by atoms with E-state index < -0.39 is 5.66 Å². The maximum absolute atomic E-state index is 5.86. The highest BCUT2D eigenvalue weighted by molar-refractivity contribution is 4.87. The molecule has 0 rings (SSSR count). The van der Waals surface area contributed by atoms with Gasteiger partial charge in [-0.15, -0.1) is 0 Å². The minimum absolute atomic E-state index is 0.0747. The average molecular weight is 173 g/mol. The Kier molecular flexibility index (Phi) is 5.46. The molecule has 0 spiro atoms. The summed E-state index contributed by atoms with van der Waals surface area (Å²) in [6.45, 7) is 4.17. The molecule has 0 radical (unpaired) electrons. The minimum atomic E-state index is -0.663.